The van der Waals surface area contributed by atoms with Gasteiger partial charge in [-0.15, -0.1) is 0 Å². The number of aliphatic hydroxyl groups excluding tert-OH is 2. The Balaban J connectivity index is 4.70. The van der Waals surface area contributed by atoms with Crippen LogP contribution in [0.4, 0.5) is 0 Å². The lowest BCUT2D eigenvalue weighted by Crippen LogP contribution is -2.51. The Morgan fingerprint density at radius 3 is 1.77 bits per heavy atom. The van der Waals surface area contributed by atoms with Crippen LogP contribution in [0.3, 0.4) is 0 Å². The molecular formula is C38H74N2O7P+. The number of carbonyl (C=O) groups is 1. The molecule has 0 aromatic heterocycles. The SMILES string of the molecule is C/C=C/CC/C=C/CC/C=C/CCCC(O)C(O)C(COP(=O)(O)OCC[N+](C)(C)C)NC(=O)CCCCCCCCCCCCCC. The fourth-order valence-corrected chi connectivity index (χ4v) is 5.92. The number of nitrogens with zero attached hydrogens (tertiary/aromatic N) is 1. The molecule has 0 aliphatic carbocycles. The van der Waals surface area contributed by atoms with Gasteiger partial charge in [-0.25, -0.2) is 4.57 Å². The number of rotatable bonds is 33. The predicted molar refractivity (Wildman–Crippen MR) is 200 cm³/mol. The fraction of sp³-hybridized carbons (Fsp3) is 0.816. The maximum absolute atomic E-state index is 12.8. The second-order valence-corrected chi connectivity index (χ2v) is 15.5. The van der Waals surface area contributed by atoms with Crippen LogP contribution in [0, 0.1) is 0 Å². The molecule has 0 spiro atoms. The molecule has 0 heterocycles. The summed E-state index contributed by atoms with van der Waals surface area (Å²) in [5.41, 5.74) is 0. The third-order valence-corrected chi connectivity index (χ3v) is 9.27. The molecule has 0 rings (SSSR count). The molecule has 4 unspecified atom stereocenters. The number of allylic oxidation sites excluding steroid dienone is 6. The van der Waals surface area contributed by atoms with Gasteiger partial charge in [-0.1, -0.05) is 114 Å². The first-order chi connectivity index (χ1) is 22.9. The zero-order valence-electron chi connectivity index (χ0n) is 31.3. The number of quaternary nitrogens is 1. The standard InChI is InChI=1S/C38H73N2O7P/c1-6-8-10-12-14-16-18-20-22-24-26-28-30-36(41)38(43)35(34-47-48(44,45)46-33-32-40(3,4)5)39-37(42)31-29-27-25-23-21-19-17-15-13-11-9-7-2/h6,8,14,16,22,24,35-36,38,41,43H,7,9-13,15,17-21,23,25-34H2,1-5H3,(H-,39,42,44,45)/p+1/b8-6+,16-14+,24-22+. The quantitative estimate of drug-likeness (QED) is 0.0234. The van der Waals surface area contributed by atoms with Crippen molar-refractivity contribution >= 4 is 13.7 Å². The van der Waals surface area contributed by atoms with E-state index >= 15 is 0 Å². The number of aliphatic hydroxyl groups is 2. The number of amides is 1. The van der Waals surface area contributed by atoms with E-state index in [0.29, 0.717) is 23.9 Å². The van der Waals surface area contributed by atoms with Gasteiger partial charge in [0.15, 0.2) is 0 Å². The molecule has 48 heavy (non-hydrogen) atoms. The van der Waals surface area contributed by atoms with Gasteiger partial charge in [-0.3, -0.25) is 13.8 Å². The lowest BCUT2D eigenvalue weighted by molar-refractivity contribution is -0.870. The zero-order chi connectivity index (χ0) is 35.9. The molecule has 1 amide bonds. The average Bonchev–Trinajstić information content (AvgIpc) is 3.02. The lowest BCUT2D eigenvalue weighted by atomic mass is 10.0. The van der Waals surface area contributed by atoms with Crippen LogP contribution in [0.2, 0.25) is 0 Å². The highest BCUT2D eigenvalue weighted by Crippen LogP contribution is 2.43. The monoisotopic (exact) mass is 702 g/mol. The molecule has 9 nitrogen and oxygen atoms in total. The van der Waals surface area contributed by atoms with E-state index in [1.54, 1.807) is 0 Å². The van der Waals surface area contributed by atoms with Crippen LogP contribution in [0.1, 0.15) is 142 Å². The van der Waals surface area contributed by atoms with Gasteiger partial charge in [0, 0.05) is 6.42 Å². The molecule has 0 saturated carbocycles. The molecule has 0 fully saturated rings. The molecule has 0 aliphatic heterocycles. The Hall–Kier alpha value is -1.32. The van der Waals surface area contributed by atoms with Crippen LogP contribution >= 0.6 is 7.82 Å². The van der Waals surface area contributed by atoms with Crippen LogP contribution in [0.15, 0.2) is 36.5 Å². The van der Waals surface area contributed by atoms with Gasteiger partial charge in [0.05, 0.1) is 39.9 Å². The van der Waals surface area contributed by atoms with Gasteiger partial charge in [0.2, 0.25) is 5.91 Å². The number of phosphoric acid groups is 1. The minimum Gasteiger partial charge on any atom is -0.390 e. The minimum atomic E-state index is -4.42. The molecule has 10 heteroatoms. The van der Waals surface area contributed by atoms with Crippen LogP contribution in [0.25, 0.3) is 0 Å². The fourth-order valence-electron chi connectivity index (χ4n) is 5.18. The van der Waals surface area contributed by atoms with E-state index in [0.717, 1.165) is 51.4 Å². The molecule has 0 saturated heterocycles. The molecular weight excluding hydrogens is 627 g/mol. The molecule has 0 aromatic rings. The van der Waals surface area contributed by atoms with Crippen molar-refractivity contribution in [3.63, 3.8) is 0 Å². The van der Waals surface area contributed by atoms with Crippen LogP contribution in [0.5, 0.6) is 0 Å². The van der Waals surface area contributed by atoms with Gasteiger partial charge >= 0.3 is 7.82 Å². The Morgan fingerprint density at radius 2 is 1.25 bits per heavy atom. The number of carbonyl (C=O) groups excluding carboxylic acids is 1. The topological polar surface area (TPSA) is 125 Å². The van der Waals surface area contributed by atoms with Crippen LogP contribution in [-0.2, 0) is 18.4 Å². The molecule has 0 bridgehead atoms. The molecule has 4 atom stereocenters. The van der Waals surface area contributed by atoms with Crippen molar-refractivity contribution in [2.75, 3.05) is 40.9 Å². The normalized spacial score (nSPS) is 15.8. The first-order valence-electron chi connectivity index (χ1n) is 18.9. The second kappa shape index (κ2) is 30.5. The average molecular weight is 702 g/mol. The molecule has 282 valence electrons. The van der Waals surface area contributed by atoms with Gasteiger partial charge in [-0.05, 0) is 58.3 Å². The third-order valence-electron chi connectivity index (χ3n) is 8.28. The van der Waals surface area contributed by atoms with Crippen LogP contribution < -0.4 is 5.32 Å². The summed E-state index contributed by atoms with van der Waals surface area (Å²) in [5, 5.41) is 24.5. The largest absolute Gasteiger partial charge is 0.472 e. The van der Waals surface area contributed by atoms with Crippen molar-refractivity contribution in [1.82, 2.24) is 5.32 Å². The summed E-state index contributed by atoms with van der Waals surface area (Å²) >= 11 is 0. The van der Waals surface area contributed by atoms with E-state index in [1.165, 1.54) is 57.8 Å². The second-order valence-electron chi connectivity index (χ2n) is 14.1. The van der Waals surface area contributed by atoms with E-state index in [9.17, 15) is 24.5 Å². The summed E-state index contributed by atoms with van der Waals surface area (Å²) < 4.78 is 23.3. The number of nitrogens with one attached hydrogen (secondary N) is 1. The smallest absolute Gasteiger partial charge is 0.390 e. The van der Waals surface area contributed by atoms with Gasteiger partial charge < -0.3 is 24.9 Å². The first kappa shape index (κ1) is 46.7. The minimum absolute atomic E-state index is 0.0127. The van der Waals surface area contributed by atoms with E-state index in [-0.39, 0.29) is 18.9 Å². The van der Waals surface area contributed by atoms with Gasteiger partial charge in [0.1, 0.15) is 19.3 Å². The highest BCUT2D eigenvalue weighted by molar-refractivity contribution is 7.47. The summed E-state index contributed by atoms with van der Waals surface area (Å²) in [5.74, 6) is -0.278. The summed E-state index contributed by atoms with van der Waals surface area (Å²) in [6.07, 6.45) is 30.8. The number of likely N-dealkylation sites (N-methyl/N-ethyl adjacent to an activating group) is 1. The predicted octanol–water partition coefficient (Wildman–Crippen LogP) is 8.54. The third kappa shape index (κ3) is 30.7. The summed E-state index contributed by atoms with van der Waals surface area (Å²) in [6, 6.07) is -1.05. The molecule has 0 aliphatic rings. The Morgan fingerprint density at radius 1 is 0.750 bits per heavy atom. The first-order valence-corrected chi connectivity index (χ1v) is 20.4. The summed E-state index contributed by atoms with van der Waals surface area (Å²) in [7, 11) is 1.40. The Labute approximate surface area is 294 Å². The Kier molecular flexibility index (Phi) is 29.7. The number of hydrogen-bond acceptors (Lipinski definition) is 6. The van der Waals surface area contributed by atoms with Crippen LogP contribution in [-0.4, -0.2) is 84.6 Å². The summed E-state index contributed by atoms with van der Waals surface area (Å²) in [6.45, 7) is 4.32. The van der Waals surface area contributed by atoms with Crippen molar-refractivity contribution in [2.45, 2.75) is 161 Å². The van der Waals surface area contributed by atoms with Crippen molar-refractivity contribution in [1.29, 1.82) is 0 Å². The highest BCUT2D eigenvalue weighted by Gasteiger charge is 2.31. The van der Waals surface area contributed by atoms with E-state index in [1.807, 2.05) is 28.1 Å². The maximum atomic E-state index is 12.8. The Bertz CT molecular complexity index is 904. The maximum Gasteiger partial charge on any atom is 0.472 e. The van der Waals surface area contributed by atoms with Crippen molar-refractivity contribution in [3.05, 3.63) is 36.5 Å². The number of unbranched alkanes of at least 4 members (excludes halogenated alkanes) is 14. The van der Waals surface area contributed by atoms with Crippen molar-refractivity contribution in [2.24, 2.45) is 0 Å². The lowest BCUT2D eigenvalue weighted by Gasteiger charge is -2.28. The van der Waals surface area contributed by atoms with E-state index < -0.39 is 32.7 Å². The van der Waals surface area contributed by atoms with E-state index in [2.05, 4.69) is 48.7 Å². The molecule has 0 aromatic carbocycles. The number of phosphoric ester groups is 1. The van der Waals surface area contributed by atoms with E-state index in [4.69, 9.17) is 9.05 Å². The summed E-state index contributed by atoms with van der Waals surface area (Å²) in [4.78, 5) is 23.0. The number of hydrogen-bond donors (Lipinski definition) is 4. The zero-order valence-corrected chi connectivity index (χ0v) is 32.2. The highest BCUT2D eigenvalue weighted by atomic mass is 31.2. The van der Waals surface area contributed by atoms with Crippen molar-refractivity contribution < 1.29 is 38.0 Å². The van der Waals surface area contributed by atoms with Gasteiger partial charge in [-0.2, -0.15) is 0 Å². The van der Waals surface area contributed by atoms with Gasteiger partial charge in [0.25, 0.3) is 0 Å². The molecule has 4 N–H and O–H groups in total. The van der Waals surface area contributed by atoms with Crippen molar-refractivity contribution in [3.8, 4) is 0 Å². The molecule has 0 radical (unpaired) electrons.